The van der Waals surface area contributed by atoms with Gasteiger partial charge in [-0.15, -0.1) is 0 Å². The number of carbonyl (C=O) groups excluding carboxylic acids is 1. The number of ketones is 1. The number of aliphatic hydroxyl groups excluding tert-OH is 1. The highest BCUT2D eigenvalue weighted by Gasteiger charge is 2.40. The first kappa shape index (κ1) is 25.3. The molecular formula is C32H32O6+2. The summed E-state index contributed by atoms with van der Waals surface area (Å²) in [5.41, 5.74) is 2.78. The van der Waals surface area contributed by atoms with Gasteiger partial charge in [-0.2, -0.15) is 0 Å². The van der Waals surface area contributed by atoms with Crippen molar-refractivity contribution < 1.29 is 29.3 Å². The van der Waals surface area contributed by atoms with Gasteiger partial charge in [0, 0.05) is 28.7 Å². The molecule has 1 aliphatic heterocycles. The zero-order valence-electron chi connectivity index (χ0n) is 22.4. The minimum atomic E-state index is -0.298. The monoisotopic (exact) mass is 512 g/mol. The number of phenols is 2. The summed E-state index contributed by atoms with van der Waals surface area (Å²) in [5, 5.41) is 31.7. The summed E-state index contributed by atoms with van der Waals surface area (Å²) in [6, 6.07) is 11.7. The van der Waals surface area contributed by atoms with E-state index in [9.17, 15) is 20.1 Å². The molecule has 6 heteroatoms. The normalized spacial score (nSPS) is 17.9. The third-order valence-electron chi connectivity index (χ3n) is 6.66. The van der Waals surface area contributed by atoms with Crippen LogP contribution in [0, 0.1) is 5.41 Å². The van der Waals surface area contributed by atoms with E-state index in [0.717, 1.165) is 22.1 Å². The fourth-order valence-electron chi connectivity index (χ4n) is 4.42. The zero-order chi connectivity index (χ0) is 27.6. The van der Waals surface area contributed by atoms with Gasteiger partial charge >= 0.3 is 17.1 Å². The molecule has 2 heterocycles. The van der Waals surface area contributed by atoms with Gasteiger partial charge in [0.25, 0.3) is 0 Å². The Morgan fingerprint density at radius 1 is 0.842 bits per heavy atom. The van der Waals surface area contributed by atoms with Crippen LogP contribution in [0.1, 0.15) is 58.4 Å². The minimum Gasteiger partial charge on any atom is -0.508 e. The van der Waals surface area contributed by atoms with Gasteiger partial charge in [0.2, 0.25) is 0 Å². The average molecular weight is 513 g/mol. The van der Waals surface area contributed by atoms with Crippen LogP contribution in [-0.4, -0.2) is 25.9 Å². The second-order valence-corrected chi connectivity index (χ2v) is 11.8. The molecule has 0 radical (unpaired) electrons. The summed E-state index contributed by atoms with van der Waals surface area (Å²) in [6.45, 7) is 12.1. The number of ether oxygens (including phenoxy) is 1. The van der Waals surface area contributed by atoms with Crippen LogP contribution in [0.5, 0.6) is 17.2 Å². The lowest BCUT2D eigenvalue weighted by Gasteiger charge is -2.29. The predicted octanol–water partition coefficient (Wildman–Crippen LogP) is 7.58. The summed E-state index contributed by atoms with van der Waals surface area (Å²) >= 11 is 0. The topological polar surface area (TPSA) is 103 Å². The van der Waals surface area contributed by atoms with Crippen molar-refractivity contribution in [2.24, 2.45) is 5.41 Å². The standard InChI is InChI=1S/C32H30O6/c1-31(2,3)27-13-17(21-9-7-19(33)15-25(21)37-27)11-23-29(35)24(30(23)36)12-18-14-28(32(4,5)6)38-26-16-20(34)8-10-22(18)26/h7-16H,1-6H3,(H2-,33,34,35,36)/p+2. The first-order chi connectivity index (χ1) is 17.7. The van der Waals surface area contributed by atoms with Crippen LogP contribution >= 0.6 is 0 Å². The van der Waals surface area contributed by atoms with E-state index in [1.54, 1.807) is 48.6 Å². The molecule has 2 aliphatic rings. The van der Waals surface area contributed by atoms with E-state index in [1.165, 1.54) is 0 Å². The molecule has 0 saturated carbocycles. The maximum Gasteiger partial charge on any atom is 0.364 e. The molecule has 0 bridgehead atoms. The fraction of sp³-hybridized carbons (Fsp3) is 0.250. The number of hydrogen-bond donors (Lipinski definition) is 3. The van der Waals surface area contributed by atoms with Gasteiger partial charge in [-0.25, -0.2) is 4.42 Å². The molecule has 6 nitrogen and oxygen atoms in total. The van der Waals surface area contributed by atoms with Gasteiger partial charge in [0.1, 0.15) is 39.9 Å². The Morgan fingerprint density at radius 2 is 1.53 bits per heavy atom. The molecule has 0 fully saturated rings. The number of fused-ring (bicyclic) bond motifs is 2. The summed E-state index contributed by atoms with van der Waals surface area (Å²) in [6.07, 6.45) is 5.34. The van der Waals surface area contributed by atoms with Crippen molar-refractivity contribution in [3.8, 4) is 17.2 Å². The van der Waals surface area contributed by atoms with Crippen LogP contribution < -0.4 is 4.74 Å². The molecule has 38 heavy (non-hydrogen) atoms. The Morgan fingerprint density at radius 3 is 2.18 bits per heavy atom. The molecule has 5 rings (SSSR count). The van der Waals surface area contributed by atoms with Gasteiger partial charge in [-0.05, 0) is 68.8 Å². The number of benzene rings is 2. The summed E-state index contributed by atoms with van der Waals surface area (Å²) in [7, 11) is 0. The number of aliphatic hydroxyl groups is 1. The maximum absolute atomic E-state index is 11.0. The molecule has 0 saturated heterocycles. The van der Waals surface area contributed by atoms with Crippen molar-refractivity contribution in [1.29, 1.82) is 0 Å². The molecular weight excluding hydrogens is 480 g/mol. The van der Waals surface area contributed by atoms with Crippen LogP contribution in [-0.2, 0) is 5.41 Å². The largest absolute Gasteiger partial charge is 0.508 e. The van der Waals surface area contributed by atoms with E-state index in [1.807, 2.05) is 53.7 Å². The lowest BCUT2D eigenvalue weighted by atomic mass is 9.83. The highest BCUT2D eigenvalue weighted by atomic mass is 16.5. The second-order valence-electron chi connectivity index (χ2n) is 11.8. The summed E-state index contributed by atoms with van der Waals surface area (Å²) < 4.78 is 12.1. The van der Waals surface area contributed by atoms with E-state index in [4.69, 9.17) is 9.15 Å². The molecule has 0 atom stereocenters. The Bertz CT molecular complexity index is 1630. The molecule has 4 N–H and O–H groups in total. The molecule has 0 unspecified atom stereocenters. The van der Waals surface area contributed by atoms with Crippen molar-refractivity contribution in [2.45, 2.75) is 47.0 Å². The highest BCUT2D eigenvalue weighted by Crippen LogP contribution is 2.43. The van der Waals surface area contributed by atoms with Gasteiger partial charge < -0.3 is 20.1 Å². The quantitative estimate of drug-likeness (QED) is 0.243. The fourth-order valence-corrected chi connectivity index (χ4v) is 4.42. The number of rotatable bonds is 2. The second kappa shape index (κ2) is 8.62. The van der Waals surface area contributed by atoms with Crippen molar-refractivity contribution in [1.82, 2.24) is 0 Å². The molecule has 1 aliphatic carbocycles. The Balaban J connectivity index is 1.62. The third kappa shape index (κ3) is 4.47. The Hall–Kier alpha value is -4.32. The first-order valence-electron chi connectivity index (χ1n) is 12.5. The van der Waals surface area contributed by atoms with E-state index < -0.39 is 0 Å². The van der Waals surface area contributed by atoms with Gasteiger partial charge in [0.15, 0.2) is 0 Å². The van der Waals surface area contributed by atoms with Gasteiger partial charge in [0.05, 0.1) is 16.9 Å². The summed E-state index contributed by atoms with van der Waals surface area (Å²) in [4.78, 5) is 11.0. The van der Waals surface area contributed by atoms with Crippen molar-refractivity contribution >= 4 is 28.4 Å². The van der Waals surface area contributed by atoms with E-state index in [0.29, 0.717) is 34.0 Å². The van der Waals surface area contributed by atoms with Gasteiger partial charge in [-0.1, -0.05) is 20.8 Å². The number of hydrogen-bond acceptors (Lipinski definition) is 4. The lowest BCUT2D eigenvalue weighted by molar-refractivity contribution is 0.289. The van der Waals surface area contributed by atoms with Crippen LogP contribution in [0.4, 0.5) is 0 Å². The van der Waals surface area contributed by atoms with Crippen LogP contribution in [0.3, 0.4) is 0 Å². The third-order valence-corrected chi connectivity index (χ3v) is 6.66. The number of phenolic OH excluding ortho intramolecular Hbond substituents is 2. The Labute approximate surface area is 221 Å². The smallest absolute Gasteiger partial charge is 0.364 e. The molecule has 2 aromatic carbocycles. The van der Waals surface area contributed by atoms with Crippen molar-refractivity contribution in [2.75, 3.05) is 0 Å². The van der Waals surface area contributed by atoms with Gasteiger partial charge in [-0.3, -0.25) is 4.79 Å². The van der Waals surface area contributed by atoms with Crippen LogP contribution in [0.15, 0.2) is 81.7 Å². The molecule has 0 spiro atoms. The van der Waals surface area contributed by atoms with Crippen LogP contribution in [0.25, 0.3) is 22.6 Å². The zero-order valence-corrected chi connectivity index (χ0v) is 22.4. The predicted molar refractivity (Wildman–Crippen MR) is 150 cm³/mol. The molecule has 3 aromatic rings. The summed E-state index contributed by atoms with van der Waals surface area (Å²) in [5.74, 6) is 2.04. The minimum absolute atomic E-state index is 0.0300. The first-order valence-corrected chi connectivity index (χ1v) is 12.5. The van der Waals surface area contributed by atoms with E-state index in [-0.39, 0.29) is 33.9 Å². The number of allylic oxidation sites excluding steroid dienone is 6. The maximum atomic E-state index is 11.0. The molecule has 194 valence electrons. The highest BCUT2D eigenvalue weighted by molar-refractivity contribution is 6.25. The van der Waals surface area contributed by atoms with Crippen molar-refractivity contribution in [3.63, 3.8) is 0 Å². The van der Waals surface area contributed by atoms with Crippen LogP contribution in [0.2, 0.25) is 0 Å². The molecule has 0 amide bonds. The van der Waals surface area contributed by atoms with E-state index in [2.05, 4.69) is 0 Å². The van der Waals surface area contributed by atoms with E-state index >= 15 is 0 Å². The SMILES string of the molecule is CC(C)(C)C1=CC(=CC2=C(O)C(=Cc3cc(C(C)(C)C)[o+]c4cc(O)ccc34)C2=[OH+])c2ccc(O)cc2O1. The van der Waals surface area contributed by atoms with Crippen molar-refractivity contribution in [3.05, 3.63) is 94.2 Å². The number of aromatic hydroxyl groups is 2. The lowest BCUT2D eigenvalue weighted by Crippen LogP contribution is -2.22. The average Bonchev–Trinajstić information content (AvgIpc) is 2.83. The Kier molecular flexibility index (Phi) is 5.75. The molecule has 1 aromatic heterocycles.